The van der Waals surface area contributed by atoms with Crippen molar-refractivity contribution in [2.24, 2.45) is 0 Å². The SMILES string of the molecule is N#CC(=Cc1ccc(-c2ccccc2Cl)o1)C(=O)Nc1ncc(Cc2cccc3ccccc23)s1. The Bertz CT molecular complexity index is 1600. The number of amides is 1. The summed E-state index contributed by atoms with van der Waals surface area (Å²) in [4.78, 5) is 18.1. The van der Waals surface area contributed by atoms with Crippen molar-refractivity contribution in [3.8, 4) is 17.4 Å². The van der Waals surface area contributed by atoms with Gasteiger partial charge in [-0.1, -0.05) is 66.2 Å². The highest BCUT2D eigenvalue weighted by atomic mass is 35.5. The van der Waals surface area contributed by atoms with Crippen LogP contribution in [0.4, 0.5) is 5.13 Å². The molecule has 5 nitrogen and oxygen atoms in total. The van der Waals surface area contributed by atoms with Crippen LogP contribution in [0.15, 0.2) is 95.0 Å². The number of hydrogen-bond donors (Lipinski definition) is 1. The lowest BCUT2D eigenvalue weighted by Gasteiger charge is -2.04. The Morgan fingerprint density at radius 3 is 2.71 bits per heavy atom. The van der Waals surface area contributed by atoms with Crippen LogP contribution in [0.2, 0.25) is 5.02 Å². The van der Waals surface area contributed by atoms with Crippen LogP contribution in [-0.4, -0.2) is 10.9 Å². The molecule has 170 valence electrons. The molecule has 0 spiro atoms. The van der Waals surface area contributed by atoms with E-state index in [1.165, 1.54) is 33.7 Å². The molecule has 5 rings (SSSR count). The van der Waals surface area contributed by atoms with Crippen LogP contribution >= 0.6 is 22.9 Å². The number of nitrogens with one attached hydrogen (secondary N) is 1. The van der Waals surface area contributed by atoms with E-state index in [2.05, 4.69) is 34.6 Å². The average Bonchev–Trinajstić information content (AvgIpc) is 3.52. The van der Waals surface area contributed by atoms with Crippen molar-refractivity contribution in [1.29, 1.82) is 5.26 Å². The Kier molecular flexibility index (Phi) is 6.44. The molecule has 2 aromatic heterocycles. The molecule has 1 N–H and O–H groups in total. The number of nitrogens with zero attached hydrogens (tertiary/aromatic N) is 2. The number of aromatic nitrogens is 1. The third kappa shape index (κ3) is 5.02. The molecule has 0 fully saturated rings. The summed E-state index contributed by atoms with van der Waals surface area (Å²) in [6.45, 7) is 0. The van der Waals surface area contributed by atoms with Gasteiger partial charge in [0.2, 0.25) is 0 Å². The first kappa shape index (κ1) is 22.6. The van der Waals surface area contributed by atoms with E-state index in [4.69, 9.17) is 16.0 Å². The minimum absolute atomic E-state index is 0.0872. The molecule has 0 unspecified atom stereocenters. The number of carbonyl (C=O) groups excluding carboxylic acids is 1. The van der Waals surface area contributed by atoms with Crippen LogP contribution in [0.3, 0.4) is 0 Å². The van der Waals surface area contributed by atoms with Crippen LogP contribution in [-0.2, 0) is 11.2 Å². The lowest BCUT2D eigenvalue weighted by molar-refractivity contribution is -0.112. The van der Waals surface area contributed by atoms with E-state index in [0.29, 0.717) is 28.1 Å². The fourth-order valence-electron chi connectivity index (χ4n) is 3.77. The summed E-state index contributed by atoms with van der Waals surface area (Å²) >= 11 is 7.61. The minimum Gasteiger partial charge on any atom is -0.457 e. The van der Waals surface area contributed by atoms with Crippen molar-refractivity contribution < 1.29 is 9.21 Å². The molecule has 0 saturated heterocycles. The highest BCUT2D eigenvalue weighted by Gasteiger charge is 2.14. The monoisotopic (exact) mass is 495 g/mol. The van der Waals surface area contributed by atoms with E-state index in [1.54, 1.807) is 24.4 Å². The molecule has 2 heterocycles. The van der Waals surface area contributed by atoms with E-state index in [9.17, 15) is 10.1 Å². The Balaban J connectivity index is 1.30. The van der Waals surface area contributed by atoms with E-state index < -0.39 is 5.91 Å². The number of fused-ring (bicyclic) bond motifs is 1. The van der Waals surface area contributed by atoms with Gasteiger partial charge in [-0.2, -0.15) is 5.26 Å². The van der Waals surface area contributed by atoms with Gasteiger partial charge in [-0.25, -0.2) is 4.98 Å². The summed E-state index contributed by atoms with van der Waals surface area (Å²) in [6.07, 6.45) is 3.85. The van der Waals surface area contributed by atoms with Gasteiger partial charge in [0.25, 0.3) is 5.91 Å². The maximum absolute atomic E-state index is 12.7. The van der Waals surface area contributed by atoms with Crippen molar-refractivity contribution >= 4 is 50.8 Å². The lowest BCUT2D eigenvalue weighted by atomic mass is 10.0. The van der Waals surface area contributed by atoms with Crippen LogP contribution in [0.5, 0.6) is 0 Å². The Morgan fingerprint density at radius 2 is 1.86 bits per heavy atom. The number of halogens is 1. The molecule has 35 heavy (non-hydrogen) atoms. The summed E-state index contributed by atoms with van der Waals surface area (Å²) in [6, 6.07) is 27.1. The number of anilines is 1. The second-order valence-corrected chi connectivity index (χ2v) is 9.27. The van der Waals surface area contributed by atoms with Crippen molar-refractivity contribution in [2.45, 2.75) is 6.42 Å². The summed E-state index contributed by atoms with van der Waals surface area (Å²) < 4.78 is 5.78. The fraction of sp³-hybridized carbons (Fsp3) is 0.0357. The smallest absolute Gasteiger partial charge is 0.268 e. The zero-order valence-corrected chi connectivity index (χ0v) is 19.9. The number of nitriles is 1. The topological polar surface area (TPSA) is 78.9 Å². The van der Waals surface area contributed by atoms with E-state index in [1.807, 2.05) is 42.5 Å². The molecule has 0 bridgehead atoms. The number of benzene rings is 3. The van der Waals surface area contributed by atoms with Gasteiger partial charge in [0.15, 0.2) is 5.13 Å². The molecule has 0 aliphatic rings. The molecule has 1 amide bonds. The van der Waals surface area contributed by atoms with Crippen LogP contribution in [0.1, 0.15) is 16.2 Å². The van der Waals surface area contributed by atoms with Gasteiger partial charge in [-0.15, -0.1) is 11.3 Å². The van der Waals surface area contributed by atoms with Gasteiger partial charge in [0, 0.05) is 29.1 Å². The predicted molar refractivity (Wildman–Crippen MR) is 140 cm³/mol. The Hall–Kier alpha value is -4.18. The number of hydrogen-bond acceptors (Lipinski definition) is 5. The summed E-state index contributed by atoms with van der Waals surface area (Å²) in [5.41, 5.74) is 1.84. The maximum atomic E-state index is 12.7. The molecule has 7 heteroatoms. The van der Waals surface area contributed by atoms with E-state index in [-0.39, 0.29) is 5.57 Å². The molecule has 0 atom stereocenters. The molecule has 0 aliphatic heterocycles. The van der Waals surface area contributed by atoms with Crippen LogP contribution < -0.4 is 5.32 Å². The zero-order chi connectivity index (χ0) is 24.2. The Labute approximate surface area is 210 Å². The standard InChI is InChI=1S/C28H18ClN3O2S/c29-25-11-4-3-10-24(25)26-13-12-21(34-26)14-20(16-30)27(33)32-28-31-17-22(35-28)15-19-8-5-7-18-6-1-2-9-23(18)19/h1-14,17H,15H2,(H,31,32,33). The average molecular weight is 496 g/mol. The largest absolute Gasteiger partial charge is 0.457 e. The third-order valence-corrected chi connectivity index (χ3v) is 6.68. The third-order valence-electron chi connectivity index (χ3n) is 5.44. The van der Waals surface area contributed by atoms with Gasteiger partial charge in [-0.3, -0.25) is 10.1 Å². The summed E-state index contributed by atoms with van der Waals surface area (Å²) in [5.74, 6) is 0.384. The van der Waals surface area contributed by atoms with Gasteiger partial charge in [0.1, 0.15) is 23.2 Å². The van der Waals surface area contributed by atoms with E-state index >= 15 is 0 Å². The van der Waals surface area contributed by atoms with Gasteiger partial charge < -0.3 is 4.42 Å². The Morgan fingerprint density at radius 1 is 1.06 bits per heavy atom. The molecule has 5 aromatic rings. The summed E-state index contributed by atoms with van der Waals surface area (Å²) in [5, 5.41) is 15.6. The first-order valence-corrected chi connectivity index (χ1v) is 12.0. The molecular weight excluding hydrogens is 478 g/mol. The first-order valence-electron chi connectivity index (χ1n) is 10.8. The van der Waals surface area contributed by atoms with Crippen LogP contribution in [0.25, 0.3) is 28.2 Å². The zero-order valence-electron chi connectivity index (χ0n) is 18.4. The molecule has 0 saturated carbocycles. The van der Waals surface area contributed by atoms with Gasteiger partial charge in [0.05, 0.1) is 5.02 Å². The summed E-state index contributed by atoms with van der Waals surface area (Å²) in [7, 11) is 0. The van der Waals surface area contributed by atoms with Crippen molar-refractivity contribution in [3.05, 3.63) is 112 Å². The predicted octanol–water partition coefficient (Wildman–Crippen LogP) is 7.35. The second-order valence-electron chi connectivity index (χ2n) is 7.75. The normalized spacial score (nSPS) is 11.4. The van der Waals surface area contributed by atoms with Crippen molar-refractivity contribution in [2.75, 3.05) is 5.32 Å². The van der Waals surface area contributed by atoms with Crippen LogP contribution in [0, 0.1) is 11.3 Å². The van der Waals surface area contributed by atoms with Crippen molar-refractivity contribution in [3.63, 3.8) is 0 Å². The number of rotatable bonds is 6. The first-order chi connectivity index (χ1) is 17.1. The van der Waals surface area contributed by atoms with Gasteiger partial charge in [-0.05, 0) is 40.6 Å². The second kappa shape index (κ2) is 9.98. The highest BCUT2D eigenvalue weighted by molar-refractivity contribution is 7.15. The number of carbonyl (C=O) groups is 1. The quantitative estimate of drug-likeness (QED) is 0.197. The van der Waals surface area contributed by atoms with E-state index in [0.717, 1.165) is 10.4 Å². The van der Waals surface area contributed by atoms with Crippen molar-refractivity contribution in [1.82, 2.24) is 4.98 Å². The molecule has 3 aromatic carbocycles. The fourth-order valence-corrected chi connectivity index (χ4v) is 4.83. The van der Waals surface area contributed by atoms with Gasteiger partial charge >= 0.3 is 0 Å². The lowest BCUT2D eigenvalue weighted by Crippen LogP contribution is -2.13. The molecular formula is C28H18ClN3O2S. The molecule has 0 aliphatic carbocycles. The number of thiazole rings is 1. The maximum Gasteiger partial charge on any atom is 0.268 e. The molecule has 0 radical (unpaired) electrons. The minimum atomic E-state index is -0.547. The highest BCUT2D eigenvalue weighted by Crippen LogP contribution is 2.30. The number of furan rings is 1.